The molecule has 0 unspecified atom stereocenters. The summed E-state index contributed by atoms with van der Waals surface area (Å²) in [6.07, 6.45) is 1.55. The molecule has 5 aromatic rings. The van der Waals surface area contributed by atoms with Crippen molar-refractivity contribution in [1.82, 2.24) is 15.0 Å². The maximum Gasteiger partial charge on any atom is 0.258 e. The van der Waals surface area contributed by atoms with Gasteiger partial charge in [0.2, 0.25) is 0 Å². The highest BCUT2D eigenvalue weighted by atomic mass is 35.5. The van der Waals surface area contributed by atoms with Gasteiger partial charge in [0.1, 0.15) is 28.5 Å². The summed E-state index contributed by atoms with van der Waals surface area (Å²) >= 11 is 8.94. The number of aliphatic hydroxyl groups is 1. The Morgan fingerprint density at radius 1 is 1.08 bits per heavy atom. The number of fused-ring (bicyclic) bond motifs is 1. The lowest BCUT2D eigenvalue weighted by molar-refractivity contribution is 0.201. The van der Waals surface area contributed by atoms with Crippen LogP contribution < -0.4 is 10.3 Å². The van der Waals surface area contributed by atoms with Crippen molar-refractivity contribution in [2.45, 2.75) is 10.8 Å². The van der Waals surface area contributed by atoms with Crippen molar-refractivity contribution >= 4 is 45.6 Å². The van der Waals surface area contributed by atoms with Gasteiger partial charge < -0.3 is 14.8 Å². The second kappa shape index (κ2) is 11.2. The van der Waals surface area contributed by atoms with Crippen LogP contribution in [0.2, 0.25) is 5.02 Å². The molecule has 5 rings (SSSR count). The number of aromatic nitrogens is 3. The minimum Gasteiger partial charge on any atom is -0.491 e. The molecule has 2 aromatic carbocycles. The van der Waals surface area contributed by atoms with Crippen LogP contribution in [0.15, 0.2) is 76.0 Å². The molecule has 0 atom stereocenters. The molecule has 7 nitrogen and oxygen atoms in total. The molecule has 10 heteroatoms. The Hall–Kier alpha value is -3.68. The van der Waals surface area contributed by atoms with Crippen LogP contribution in [0.4, 0.5) is 0 Å². The lowest BCUT2D eigenvalue weighted by atomic mass is 9.97. The van der Waals surface area contributed by atoms with Crippen LogP contribution in [0.5, 0.6) is 5.75 Å². The SMILES string of the molecule is N#Cc1c(SCc2csc(-c3ccc(Cl)cc3)n2)nc2cc[nH]c(=O)c2c1-c1ccc(OCCO)cc1. The predicted octanol–water partition coefficient (Wildman–Crippen LogP) is 5.90. The van der Waals surface area contributed by atoms with E-state index in [0.29, 0.717) is 49.1 Å². The molecule has 0 spiro atoms. The first-order chi connectivity index (χ1) is 18.1. The molecule has 2 N–H and O–H groups in total. The maximum absolute atomic E-state index is 12.8. The van der Waals surface area contributed by atoms with Gasteiger partial charge in [-0.15, -0.1) is 11.3 Å². The molecule has 3 heterocycles. The topological polar surface area (TPSA) is 112 Å². The number of rotatable bonds is 8. The van der Waals surface area contributed by atoms with Gasteiger partial charge in [0.05, 0.1) is 28.8 Å². The van der Waals surface area contributed by atoms with E-state index in [4.69, 9.17) is 26.4 Å². The van der Waals surface area contributed by atoms with E-state index in [0.717, 1.165) is 16.3 Å². The molecule has 0 amide bonds. The Morgan fingerprint density at radius 2 is 1.84 bits per heavy atom. The van der Waals surface area contributed by atoms with Crippen LogP contribution >= 0.6 is 34.7 Å². The smallest absolute Gasteiger partial charge is 0.258 e. The van der Waals surface area contributed by atoms with E-state index in [1.807, 2.05) is 29.6 Å². The van der Waals surface area contributed by atoms with Gasteiger partial charge in [0.15, 0.2) is 0 Å². The van der Waals surface area contributed by atoms with Crippen molar-refractivity contribution in [3.63, 3.8) is 0 Å². The van der Waals surface area contributed by atoms with Crippen molar-refractivity contribution in [2.75, 3.05) is 13.2 Å². The molecule has 0 aliphatic rings. The average Bonchev–Trinajstić information content (AvgIpc) is 3.40. The molecule has 37 heavy (non-hydrogen) atoms. The highest BCUT2D eigenvalue weighted by molar-refractivity contribution is 7.98. The van der Waals surface area contributed by atoms with Crippen LogP contribution in [0.3, 0.4) is 0 Å². The molecule has 0 aliphatic carbocycles. The Balaban J connectivity index is 1.51. The standard InChI is InChI=1S/C27H19ClN4O3S2/c28-18-5-1-17(2-6-18)26-31-19(14-36-26)15-37-27-21(13-29)23(24-22(32-27)9-10-30-25(24)34)16-3-7-20(8-4-16)35-12-11-33/h1-10,14,33H,11-12,15H2,(H,30,34). The highest BCUT2D eigenvalue weighted by Crippen LogP contribution is 2.37. The molecule has 0 radical (unpaired) electrons. The lowest BCUT2D eigenvalue weighted by Gasteiger charge is -2.13. The second-order valence-electron chi connectivity index (χ2n) is 7.88. The van der Waals surface area contributed by atoms with Gasteiger partial charge in [-0.05, 0) is 35.9 Å². The van der Waals surface area contributed by atoms with E-state index in [2.05, 4.69) is 16.0 Å². The summed E-state index contributed by atoms with van der Waals surface area (Å²) in [5, 5.41) is 23.6. The number of hydrogen-bond acceptors (Lipinski definition) is 8. The molecule has 184 valence electrons. The van der Waals surface area contributed by atoms with Gasteiger partial charge in [-0.3, -0.25) is 4.79 Å². The van der Waals surface area contributed by atoms with E-state index in [1.165, 1.54) is 23.1 Å². The zero-order valence-electron chi connectivity index (χ0n) is 19.3. The normalized spacial score (nSPS) is 10.9. The monoisotopic (exact) mass is 546 g/mol. The summed E-state index contributed by atoms with van der Waals surface area (Å²) in [6, 6.07) is 18.6. The van der Waals surface area contributed by atoms with E-state index >= 15 is 0 Å². The fourth-order valence-corrected chi connectivity index (χ4v) is 5.76. The van der Waals surface area contributed by atoms with Crippen LogP contribution in [0.1, 0.15) is 11.3 Å². The molecule has 0 fully saturated rings. The summed E-state index contributed by atoms with van der Waals surface area (Å²) in [6.45, 7) is 0.0866. The number of nitrogens with one attached hydrogen (secondary N) is 1. The van der Waals surface area contributed by atoms with Crippen LogP contribution in [0, 0.1) is 11.3 Å². The third-order valence-corrected chi connectivity index (χ3v) is 7.69. The first-order valence-electron chi connectivity index (χ1n) is 11.2. The van der Waals surface area contributed by atoms with Gasteiger partial charge >= 0.3 is 0 Å². The Labute approximate surface area is 225 Å². The van der Waals surface area contributed by atoms with Crippen LogP contribution in [0.25, 0.3) is 32.6 Å². The fourth-order valence-electron chi connectivity index (χ4n) is 3.82. The van der Waals surface area contributed by atoms with Crippen molar-refractivity contribution in [3.8, 4) is 33.5 Å². The van der Waals surface area contributed by atoms with E-state index in [1.54, 1.807) is 36.5 Å². The highest BCUT2D eigenvalue weighted by Gasteiger charge is 2.20. The largest absolute Gasteiger partial charge is 0.491 e. The van der Waals surface area contributed by atoms with E-state index in [-0.39, 0.29) is 18.8 Å². The van der Waals surface area contributed by atoms with Crippen LogP contribution in [-0.4, -0.2) is 33.3 Å². The number of hydrogen-bond donors (Lipinski definition) is 2. The number of pyridine rings is 2. The number of halogens is 1. The average molecular weight is 547 g/mol. The van der Waals surface area contributed by atoms with E-state index in [9.17, 15) is 10.1 Å². The number of thioether (sulfide) groups is 1. The minimum atomic E-state index is -0.319. The zero-order valence-corrected chi connectivity index (χ0v) is 21.7. The van der Waals surface area contributed by atoms with Gasteiger partial charge in [-0.25, -0.2) is 9.97 Å². The minimum absolute atomic E-state index is 0.0918. The maximum atomic E-state index is 12.8. The van der Waals surface area contributed by atoms with Crippen molar-refractivity contribution in [2.24, 2.45) is 0 Å². The number of nitriles is 1. The number of ether oxygens (including phenoxy) is 1. The fraction of sp³-hybridized carbons (Fsp3) is 0.111. The molecule has 3 aromatic heterocycles. The summed E-state index contributed by atoms with van der Waals surface area (Å²) in [5.41, 5.74) is 3.57. The zero-order chi connectivity index (χ0) is 25.8. The number of nitrogens with zero attached hydrogens (tertiary/aromatic N) is 3. The summed E-state index contributed by atoms with van der Waals surface area (Å²) in [5.74, 6) is 1.09. The molecule has 0 saturated carbocycles. The summed E-state index contributed by atoms with van der Waals surface area (Å²) in [4.78, 5) is 24.9. The lowest BCUT2D eigenvalue weighted by Crippen LogP contribution is -2.09. The molecule has 0 bridgehead atoms. The van der Waals surface area contributed by atoms with E-state index < -0.39 is 0 Å². The number of aliphatic hydroxyl groups excluding tert-OH is 1. The number of H-pyrrole nitrogens is 1. The first-order valence-corrected chi connectivity index (χ1v) is 13.4. The van der Waals surface area contributed by atoms with Crippen molar-refractivity contribution in [1.29, 1.82) is 5.26 Å². The van der Waals surface area contributed by atoms with Gasteiger partial charge in [-0.1, -0.05) is 47.6 Å². The number of benzene rings is 2. The molecular formula is C27H19ClN4O3S2. The third-order valence-electron chi connectivity index (χ3n) is 5.49. The van der Waals surface area contributed by atoms with Crippen molar-refractivity contribution < 1.29 is 9.84 Å². The van der Waals surface area contributed by atoms with Gasteiger partial charge in [-0.2, -0.15) is 5.26 Å². The number of aromatic amines is 1. The van der Waals surface area contributed by atoms with Crippen LogP contribution in [-0.2, 0) is 5.75 Å². The summed E-state index contributed by atoms with van der Waals surface area (Å²) < 4.78 is 5.45. The van der Waals surface area contributed by atoms with Crippen molar-refractivity contribution in [3.05, 3.63) is 92.8 Å². The quantitative estimate of drug-likeness (QED) is 0.233. The predicted molar refractivity (Wildman–Crippen MR) is 147 cm³/mol. The van der Waals surface area contributed by atoms with Gasteiger partial charge in [0.25, 0.3) is 5.56 Å². The molecule has 0 saturated heterocycles. The summed E-state index contributed by atoms with van der Waals surface area (Å²) in [7, 11) is 0. The Bertz CT molecular complexity index is 1660. The molecule has 0 aliphatic heterocycles. The number of thiazole rings is 1. The second-order valence-corrected chi connectivity index (χ2v) is 10.1. The Morgan fingerprint density at radius 3 is 2.57 bits per heavy atom. The first kappa shape index (κ1) is 25.0. The molecular weight excluding hydrogens is 528 g/mol. The van der Waals surface area contributed by atoms with Gasteiger partial charge in [0, 0.05) is 33.5 Å². The third kappa shape index (κ3) is 5.38. The Kier molecular flexibility index (Phi) is 7.53.